The maximum atomic E-state index is 12.3. The van der Waals surface area contributed by atoms with E-state index in [4.69, 9.17) is 10.5 Å². The van der Waals surface area contributed by atoms with Gasteiger partial charge in [-0.15, -0.1) is 0 Å². The van der Waals surface area contributed by atoms with Gasteiger partial charge in [-0.25, -0.2) is 13.1 Å². The van der Waals surface area contributed by atoms with Gasteiger partial charge in [-0.05, 0) is 30.0 Å². The van der Waals surface area contributed by atoms with Crippen molar-refractivity contribution >= 4 is 10.0 Å². The quantitative estimate of drug-likeness (QED) is 0.685. The highest BCUT2D eigenvalue weighted by molar-refractivity contribution is 7.89. The van der Waals surface area contributed by atoms with E-state index in [1.54, 1.807) is 12.1 Å². The van der Waals surface area contributed by atoms with Crippen LogP contribution in [0.25, 0.3) is 0 Å². The zero-order valence-corrected chi connectivity index (χ0v) is 13.9. The van der Waals surface area contributed by atoms with Crippen LogP contribution in [0.3, 0.4) is 0 Å². The number of ether oxygens (including phenoxy) is 1. The Balaban J connectivity index is 2.70. The molecule has 0 saturated carbocycles. The molecule has 1 aromatic rings. The van der Waals surface area contributed by atoms with Gasteiger partial charge in [0.15, 0.2) is 0 Å². The molecule has 0 aromatic heterocycles. The molecule has 0 aliphatic carbocycles. The van der Waals surface area contributed by atoms with Crippen molar-refractivity contribution in [3.8, 4) is 5.75 Å². The Morgan fingerprint density at radius 2 is 2.00 bits per heavy atom. The van der Waals surface area contributed by atoms with E-state index in [2.05, 4.69) is 18.6 Å². The predicted octanol–water partition coefficient (Wildman–Crippen LogP) is 2.26. The first kappa shape index (κ1) is 17.9. The van der Waals surface area contributed by atoms with Crippen molar-refractivity contribution in [1.82, 2.24) is 4.72 Å². The summed E-state index contributed by atoms with van der Waals surface area (Å²) in [6.07, 6.45) is 2.96. The highest BCUT2D eigenvalue weighted by Crippen LogP contribution is 2.24. The van der Waals surface area contributed by atoms with Crippen molar-refractivity contribution in [1.29, 1.82) is 0 Å². The lowest BCUT2D eigenvalue weighted by molar-refractivity contribution is 0.401. The molecule has 0 atom stereocenters. The zero-order chi connectivity index (χ0) is 15.9. The maximum absolute atomic E-state index is 12.3. The van der Waals surface area contributed by atoms with Crippen LogP contribution in [0, 0.1) is 5.92 Å². The third-order valence-electron chi connectivity index (χ3n) is 3.25. The predicted molar refractivity (Wildman–Crippen MR) is 84.8 cm³/mol. The number of sulfonamides is 1. The van der Waals surface area contributed by atoms with Gasteiger partial charge < -0.3 is 10.5 Å². The molecule has 0 spiro atoms. The van der Waals surface area contributed by atoms with E-state index in [-0.39, 0.29) is 4.90 Å². The van der Waals surface area contributed by atoms with Gasteiger partial charge in [-0.1, -0.05) is 32.8 Å². The summed E-state index contributed by atoms with van der Waals surface area (Å²) in [5.41, 5.74) is 6.39. The lowest BCUT2D eigenvalue weighted by Gasteiger charge is -2.12. The van der Waals surface area contributed by atoms with Gasteiger partial charge in [0.05, 0.1) is 7.11 Å². The maximum Gasteiger partial charge on any atom is 0.244 e. The summed E-state index contributed by atoms with van der Waals surface area (Å²) in [7, 11) is -2.09. The molecular weight excluding hydrogens is 288 g/mol. The lowest BCUT2D eigenvalue weighted by Crippen LogP contribution is -2.25. The summed E-state index contributed by atoms with van der Waals surface area (Å²) in [6.45, 7) is 5.11. The molecule has 0 radical (unpaired) electrons. The normalized spacial score (nSPS) is 11.9. The molecule has 5 nitrogen and oxygen atoms in total. The van der Waals surface area contributed by atoms with E-state index >= 15 is 0 Å². The fourth-order valence-electron chi connectivity index (χ4n) is 2.02. The number of hydrogen-bond donors (Lipinski definition) is 2. The molecular formula is C15H26N2O3S. The SMILES string of the molecule is COc1cc(CN)ccc1S(=O)(=O)NCCCCC(C)C. The molecule has 0 fully saturated rings. The average Bonchev–Trinajstić information content (AvgIpc) is 2.45. The third-order valence-corrected chi connectivity index (χ3v) is 4.75. The van der Waals surface area contributed by atoms with E-state index in [0.717, 1.165) is 24.8 Å². The Morgan fingerprint density at radius 3 is 2.57 bits per heavy atom. The zero-order valence-electron chi connectivity index (χ0n) is 13.1. The molecule has 1 aromatic carbocycles. The second kappa shape index (κ2) is 8.36. The van der Waals surface area contributed by atoms with Crippen LogP contribution in [-0.2, 0) is 16.6 Å². The monoisotopic (exact) mass is 314 g/mol. The molecule has 0 amide bonds. The Hall–Kier alpha value is -1.11. The summed E-state index contributed by atoms with van der Waals surface area (Å²) in [4.78, 5) is 0.158. The Labute approximate surface area is 127 Å². The van der Waals surface area contributed by atoms with Crippen LogP contribution in [0.5, 0.6) is 5.75 Å². The van der Waals surface area contributed by atoms with Gasteiger partial charge in [0.2, 0.25) is 10.0 Å². The first-order chi connectivity index (χ1) is 9.90. The van der Waals surface area contributed by atoms with Crippen molar-refractivity contribution in [2.45, 2.75) is 44.6 Å². The highest BCUT2D eigenvalue weighted by atomic mass is 32.2. The summed E-state index contributed by atoms with van der Waals surface area (Å²) in [5.74, 6) is 0.970. The van der Waals surface area contributed by atoms with Crippen molar-refractivity contribution in [2.75, 3.05) is 13.7 Å². The number of rotatable bonds is 9. The summed E-state index contributed by atoms with van der Waals surface area (Å²) in [6, 6.07) is 4.90. The number of benzene rings is 1. The molecule has 0 unspecified atom stereocenters. The fourth-order valence-corrected chi connectivity index (χ4v) is 3.25. The molecule has 6 heteroatoms. The second-order valence-corrected chi connectivity index (χ2v) is 7.21. The van der Waals surface area contributed by atoms with E-state index in [1.807, 2.05) is 0 Å². The number of methoxy groups -OCH3 is 1. The smallest absolute Gasteiger partial charge is 0.244 e. The van der Waals surface area contributed by atoms with Crippen LogP contribution in [0.1, 0.15) is 38.7 Å². The molecule has 21 heavy (non-hydrogen) atoms. The summed E-state index contributed by atoms with van der Waals surface area (Å²) < 4.78 is 32.4. The molecule has 3 N–H and O–H groups in total. The van der Waals surface area contributed by atoms with Crippen LogP contribution >= 0.6 is 0 Å². The van der Waals surface area contributed by atoms with Crippen LogP contribution in [0.15, 0.2) is 23.1 Å². The minimum atomic E-state index is -3.54. The number of unbranched alkanes of at least 4 members (excludes halogenated alkanes) is 1. The molecule has 120 valence electrons. The van der Waals surface area contributed by atoms with Gasteiger partial charge in [-0.3, -0.25) is 0 Å². The Kier molecular flexibility index (Phi) is 7.14. The molecule has 0 heterocycles. The van der Waals surface area contributed by atoms with Gasteiger partial charge in [0.25, 0.3) is 0 Å². The van der Waals surface area contributed by atoms with E-state index in [9.17, 15) is 8.42 Å². The van der Waals surface area contributed by atoms with Crippen LogP contribution in [-0.4, -0.2) is 22.1 Å². The first-order valence-electron chi connectivity index (χ1n) is 7.27. The minimum Gasteiger partial charge on any atom is -0.495 e. The Morgan fingerprint density at radius 1 is 1.29 bits per heavy atom. The lowest BCUT2D eigenvalue weighted by atomic mass is 10.1. The first-order valence-corrected chi connectivity index (χ1v) is 8.75. The average molecular weight is 314 g/mol. The van der Waals surface area contributed by atoms with E-state index in [1.165, 1.54) is 13.2 Å². The van der Waals surface area contributed by atoms with E-state index in [0.29, 0.717) is 24.8 Å². The van der Waals surface area contributed by atoms with Crippen molar-refractivity contribution in [3.63, 3.8) is 0 Å². The van der Waals surface area contributed by atoms with Crippen molar-refractivity contribution in [2.24, 2.45) is 11.7 Å². The number of nitrogens with two attached hydrogens (primary N) is 1. The fraction of sp³-hybridized carbons (Fsp3) is 0.600. The molecule has 0 saturated heterocycles. The molecule has 0 bridgehead atoms. The molecule has 0 aliphatic heterocycles. The highest BCUT2D eigenvalue weighted by Gasteiger charge is 2.19. The van der Waals surface area contributed by atoms with Crippen molar-refractivity contribution < 1.29 is 13.2 Å². The Bertz CT molecular complexity index is 542. The van der Waals surface area contributed by atoms with Crippen LogP contribution < -0.4 is 15.2 Å². The summed E-state index contributed by atoms with van der Waals surface area (Å²) in [5, 5.41) is 0. The molecule has 1 rings (SSSR count). The minimum absolute atomic E-state index is 0.158. The third kappa shape index (κ3) is 5.65. The standard InChI is InChI=1S/C15H26N2O3S/c1-12(2)6-4-5-9-17-21(18,19)15-8-7-13(11-16)10-14(15)20-3/h7-8,10,12,17H,4-6,9,11,16H2,1-3H3. The van der Waals surface area contributed by atoms with E-state index < -0.39 is 10.0 Å². The summed E-state index contributed by atoms with van der Waals surface area (Å²) >= 11 is 0. The largest absolute Gasteiger partial charge is 0.495 e. The second-order valence-electron chi connectivity index (χ2n) is 5.48. The topological polar surface area (TPSA) is 81.4 Å². The van der Waals surface area contributed by atoms with Crippen LogP contribution in [0.4, 0.5) is 0 Å². The van der Waals surface area contributed by atoms with Gasteiger partial charge in [0.1, 0.15) is 10.6 Å². The molecule has 0 aliphatic rings. The van der Waals surface area contributed by atoms with Gasteiger partial charge in [0, 0.05) is 13.1 Å². The number of hydrogen-bond acceptors (Lipinski definition) is 4. The van der Waals surface area contributed by atoms with Gasteiger partial charge in [-0.2, -0.15) is 0 Å². The number of nitrogens with one attached hydrogen (secondary N) is 1. The van der Waals surface area contributed by atoms with Crippen molar-refractivity contribution in [3.05, 3.63) is 23.8 Å². The van der Waals surface area contributed by atoms with Crippen LogP contribution in [0.2, 0.25) is 0 Å². The van der Waals surface area contributed by atoms with Gasteiger partial charge >= 0.3 is 0 Å².